The Bertz CT molecular complexity index is 2010. The van der Waals surface area contributed by atoms with Gasteiger partial charge in [-0.3, -0.25) is 4.98 Å². The number of halogens is 1. The maximum Gasteiger partial charge on any atom is 0.342 e. The number of carbonyl (C=O) groups excluding carboxylic acids is 1. The maximum absolute atomic E-state index is 15.2. The van der Waals surface area contributed by atoms with Crippen LogP contribution in [0.15, 0.2) is 53.3 Å². The standard InChI is InChI=1S/C48H69ClN4O5/c1-29(2)14-13-15-30(3)24-25-57-45-50-43-41(44(55)58-42-36(47(5,6)7)26-31(4)27-37(42)48(8,9)10)40(33-16-20-34(49)21-17-33)38(53(43)46(56)51-45)28-39(54)32-18-22-35(23-19-32)52(11)12/h16-23,29-31,36-37,39,42,54H,13-15,24-28H2,1-12H3,(H,50,51,56). The van der Waals surface area contributed by atoms with Gasteiger partial charge < -0.3 is 19.5 Å². The number of carbonyl (C=O) groups is 1. The molecular weight excluding hydrogens is 748 g/mol. The highest BCUT2D eigenvalue weighted by molar-refractivity contribution is 6.30. The minimum absolute atomic E-state index is 0.0166. The van der Waals surface area contributed by atoms with Gasteiger partial charge in [-0.2, -0.15) is 4.98 Å². The van der Waals surface area contributed by atoms with E-state index in [-0.39, 0.29) is 52.4 Å². The molecular formula is C48H69ClN4O5. The van der Waals surface area contributed by atoms with E-state index < -0.39 is 17.8 Å². The predicted molar refractivity (Wildman–Crippen MR) is 237 cm³/mol. The Labute approximate surface area is 351 Å². The molecule has 2 aromatic heterocycles. The normalized spacial score (nSPS) is 20.0. The van der Waals surface area contributed by atoms with Crippen LogP contribution in [-0.4, -0.2) is 52.3 Å². The van der Waals surface area contributed by atoms with Crippen molar-refractivity contribution >= 4 is 28.9 Å². The van der Waals surface area contributed by atoms with Crippen molar-refractivity contribution in [2.75, 3.05) is 25.6 Å². The number of H-pyrrole nitrogens is 1. The van der Waals surface area contributed by atoms with Gasteiger partial charge in [-0.05, 0) is 83.2 Å². The SMILES string of the molecule is CC(C)CCCC(C)CCOc1nc2c(C(=O)OC3C(C(C)(C)C)CC(C)CC3C(C)(C)C)c(-c3ccc(Cl)cc3)c(CC(O)c3ccc(N(C)C)cc3)n2c(=O)[nH]1. The third kappa shape index (κ3) is 10.9. The van der Waals surface area contributed by atoms with E-state index in [0.717, 1.165) is 37.8 Å². The average Bonchev–Trinajstić information content (AvgIpc) is 3.45. The van der Waals surface area contributed by atoms with Gasteiger partial charge in [-0.1, -0.05) is 124 Å². The molecule has 0 spiro atoms. The summed E-state index contributed by atoms with van der Waals surface area (Å²) in [6.45, 7) is 22.7. The van der Waals surface area contributed by atoms with Crippen LogP contribution in [0.1, 0.15) is 135 Å². The maximum atomic E-state index is 15.2. The summed E-state index contributed by atoms with van der Waals surface area (Å²) < 4.78 is 14.4. The molecule has 0 aliphatic heterocycles. The minimum Gasteiger partial charge on any atom is -0.465 e. The minimum atomic E-state index is -1.01. The molecule has 2 aromatic carbocycles. The number of nitrogens with one attached hydrogen (secondary N) is 1. The lowest BCUT2D eigenvalue weighted by molar-refractivity contribution is -0.0922. The zero-order chi connectivity index (χ0) is 42.7. The molecule has 0 amide bonds. The molecule has 1 aliphatic rings. The van der Waals surface area contributed by atoms with Crippen molar-refractivity contribution in [1.82, 2.24) is 14.4 Å². The Kier molecular flexibility index (Phi) is 14.5. The second-order valence-corrected chi connectivity index (χ2v) is 20.3. The molecule has 5 rings (SSSR count). The number of hydrogen-bond donors (Lipinski definition) is 2. The number of aromatic nitrogens is 3. The lowest BCUT2D eigenvalue weighted by Crippen LogP contribution is -2.49. The van der Waals surface area contributed by atoms with Gasteiger partial charge in [0.15, 0.2) is 5.65 Å². The molecule has 2 N–H and O–H groups in total. The Morgan fingerprint density at radius 2 is 1.55 bits per heavy atom. The van der Waals surface area contributed by atoms with Crippen molar-refractivity contribution in [3.63, 3.8) is 0 Å². The second kappa shape index (κ2) is 18.6. The van der Waals surface area contributed by atoms with Gasteiger partial charge in [0, 0.05) is 54.3 Å². The van der Waals surface area contributed by atoms with Gasteiger partial charge in [0.25, 0.3) is 6.01 Å². The average molecular weight is 818 g/mol. The molecule has 2 heterocycles. The van der Waals surface area contributed by atoms with Gasteiger partial charge in [0.2, 0.25) is 0 Å². The van der Waals surface area contributed by atoms with Crippen molar-refractivity contribution in [3.05, 3.63) is 80.9 Å². The van der Waals surface area contributed by atoms with Crippen LogP contribution in [0.2, 0.25) is 5.02 Å². The van der Waals surface area contributed by atoms with Crippen LogP contribution in [0, 0.1) is 40.4 Å². The monoisotopic (exact) mass is 816 g/mol. The molecule has 1 saturated carbocycles. The van der Waals surface area contributed by atoms with Crippen LogP contribution in [0.3, 0.4) is 0 Å². The van der Waals surface area contributed by atoms with Gasteiger partial charge in [0.05, 0.1) is 12.7 Å². The van der Waals surface area contributed by atoms with Crippen molar-refractivity contribution in [2.45, 2.75) is 126 Å². The molecule has 10 heteroatoms. The molecule has 0 saturated heterocycles. The molecule has 4 atom stereocenters. The van der Waals surface area contributed by atoms with Crippen LogP contribution in [-0.2, 0) is 11.2 Å². The largest absolute Gasteiger partial charge is 0.465 e. The third-order valence-corrected chi connectivity index (χ3v) is 12.5. The molecule has 1 aliphatic carbocycles. The molecule has 4 unspecified atom stereocenters. The summed E-state index contributed by atoms with van der Waals surface area (Å²) in [4.78, 5) is 39.3. The van der Waals surface area contributed by atoms with E-state index in [1.165, 1.54) is 10.8 Å². The first-order chi connectivity index (χ1) is 27.1. The summed E-state index contributed by atoms with van der Waals surface area (Å²) in [5, 5.41) is 12.4. The number of aliphatic hydroxyl groups is 1. The van der Waals surface area contributed by atoms with Crippen LogP contribution >= 0.6 is 11.6 Å². The van der Waals surface area contributed by atoms with Crippen LogP contribution in [0.25, 0.3) is 16.8 Å². The number of rotatable bonds is 15. The fourth-order valence-corrected chi connectivity index (χ4v) is 8.93. The number of ether oxygens (including phenoxy) is 2. The predicted octanol–water partition coefficient (Wildman–Crippen LogP) is 11.2. The van der Waals surface area contributed by atoms with E-state index in [0.29, 0.717) is 51.8 Å². The molecule has 4 aromatic rings. The topological polar surface area (TPSA) is 109 Å². The van der Waals surface area contributed by atoms with Crippen molar-refractivity contribution in [2.24, 2.45) is 40.4 Å². The lowest BCUT2D eigenvalue weighted by atomic mass is 9.59. The molecule has 0 radical (unpaired) electrons. The Morgan fingerprint density at radius 3 is 2.10 bits per heavy atom. The van der Waals surface area contributed by atoms with Crippen molar-refractivity contribution in [3.8, 4) is 17.1 Å². The molecule has 9 nitrogen and oxygen atoms in total. The quantitative estimate of drug-likeness (QED) is 0.115. The van der Waals surface area contributed by atoms with Gasteiger partial charge in [0.1, 0.15) is 11.7 Å². The zero-order valence-electron chi connectivity index (χ0n) is 37.1. The first kappa shape index (κ1) is 45.3. The second-order valence-electron chi connectivity index (χ2n) is 19.9. The Hall–Kier alpha value is -3.82. The molecule has 318 valence electrons. The summed E-state index contributed by atoms with van der Waals surface area (Å²) in [7, 11) is 3.93. The number of benzene rings is 2. The number of nitrogens with zero attached hydrogens (tertiary/aromatic N) is 3. The summed E-state index contributed by atoms with van der Waals surface area (Å²) in [6, 6.07) is 14.9. The van der Waals surface area contributed by atoms with Crippen molar-refractivity contribution < 1.29 is 19.4 Å². The number of aliphatic hydroxyl groups excluding tert-OH is 1. The summed E-state index contributed by atoms with van der Waals surface area (Å²) in [5.41, 5.74) is 2.75. The lowest BCUT2D eigenvalue weighted by Gasteiger charge is -2.50. The zero-order valence-corrected chi connectivity index (χ0v) is 37.9. The van der Waals surface area contributed by atoms with Crippen LogP contribution < -0.4 is 15.3 Å². The smallest absolute Gasteiger partial charge is 0.342 e. The van der Waals surface area contributed by atoms with Gasteiger partial charge >= 0.3 is 11.7 Å². The highest BCUT2D eigenvalue weighted by Gasteiger charge is 2.48. The molecule has 1 fully saturated rings. The Balaban J connectivity index is 1.67. The first-order valence-electron chi connectivity index (χ1n) is 21.4. The number of hydrogen-bond acceptors (Lipinski definition) is 7. The van der Waals surface area contributed by atoms with Crippen LogP contribution in [0.4, 0.5) is 5.69 Å². The van der Waals surface area contributed by atoms with Gasteiger partial charge in [-0.15, -0.1) is 0 Å². The fourth-order valence-electron chi connectivity index (χ4n) is 8.81. The van der Waals surface area contributed by atoms with E-state index in [1.807, 2.05) is 55.4 Å². The Morgan fingerprint density at radius 1 is 0.948 bits per heavy atom. The fraction of sp³-hybridized carbons (Fsp3) is 0.604. The number of aromatic amines is 1. The van der Waals surface area contributed by atoms with Gasteiger partial charge in [-0.25, -0.2) is 14.0 Å². The summed E-state index contributed by atoms with van der Waals surface area (Å²) >= 11 is 6.41. The van der Waals surface area contributed by atoms with E-state index in [2.05, 4.69) is 74.2 Å². The van der Waals surface area contributed by atoms with E-state index in [1.54, 1.807) is 12.1 Å². The third-order valence-electron chi connectivity index (χ3n) is 12.3. The number of anilines is 1. The van der Waals surface area contributed by atoms with E-state index >= 15 is 4.79 Å². The summed E-state index contributed by atoms with van der Waals surface area (Å²) in [6.07, 6.45) is 4.73. The summed E-state index contributed by atoms with van der Waals surface area (Å²) in [5.74, 6) is 1.22. The molecule has 58 heavy (non-hydrogen) atoms. The number of esters is 1. The van der Waals surface area contributed by atoms with E-state index in [4.69, 9.17) is 26.1 Å². The highest BCUT2D eigenvalue weighted by atomic mass is 35.5. The first-order valence-corrected chi connectivity index (χ1v) is 21.8. The molecule has 0 bridgehead atoms. The highest BCUT2D eigenvalue weighted by Crippen LogP contribution is 2.50. The van der Waals surface area contributed by atoms with Crippen molar-refractivity contribution in [1.29, 1.82) is 0 Å². The van der Waals surface area contributed by atoms with Crippen LogP contribution in [0.5, 0.6) is 6.01 Å². The van der Waals surface area contributed by atoms with E-state index in [9.17, 15) is 9.90 Å². The number of fused-ring (bicyclic) bond motifs is 1.